The van der Waals surface area contributed by atoms with E-state index in [0.29, 0.717) is 4.47 Å². The van der Waals surface area contributed by atoms with Gasteiger partial charge in [-0.05, 0) is 34.1 Å². The lowest BCUT2D eigenvalue weighted by Gasteiger charge is -2.00. The third-order valence-corrected chi connectivity index (χ3v) is 1.93. The summed E-state index contributed by atoms with van der Waals surface area (Å²) in [6.07, 6.45) is 0. The Kier molecular flexibility index (Phi) is 2.78. The summed E-state index contributed by atoms with van der Waals surface area (Å²) in [5.41, 5.74) is 1.63. The van der Waals surface area contributed by atoms with Crippen molar-refractivity contribution in [2.24, 2.45) is 0 Å². The molecule has 0 saturated carbocycles. The lowest BCUT2D eigenvalue weighted by atomic mass is 10.2. The second kappa shape index (κ2) is 3.64. The zero-order chi connectivity index (χ0) is 9.14. The van der Waals surface area contributed by atoms with Crippen molar-refractivity contribution < 1.29 is 14.4 Å². The minimum Gasteiger partial charge on any atom is -0.288 e. The van der Waals surface area contributed by atoms with E-state index < -0.39 is 11.7 Å². The number of hydrogen-bond acceptors (Lipinski definition) is 2. The molecule has 1 aromatic carbocycles. The molecule has 1 rings (SSSR count). The van der Waals surface area contributed by atoms with E-state index in [-0.39, 0.29) is 5.56 Å². The maximum absolute atomic E-state index is 12.5. The average Bonchev–Trinajstić information content (AvgIpc) is 2.03. The predicted molar refractivity (Wildman–Crippen MR) is 43.4 cm³/mol. The normalized spacial score (nSPS) is 9.58. The van der Waals surface area contributed by atoms with Crippen molar-refractivity contribution in [1.82, 2.24) is 5.48 Å². The number of rotatable bonds is 1. The van der Waals surface area contributed by atoms with Gasteiger partial charge in [0, 0.05) is 4.47 Å². The number of hydroxylamine groups is 1. The lowest BCUT2D eigenvalue weighted by molar-refractivity contribution is 0.0705. The van der Waals surface area contributed by atoms with E-state index in [4.69, 9.17) is 5.21 Å². The standard InChI is InChI=1S/C7H5BrFNO2/c8-6-3-4(9)1-2-5(6)7(11)10-12/h1-3,12H,(H,10,11). The highest BCUT2D eigenvalue weighted by molar-refractivity contribution is 9.10. The maximum Gasteiger partial charge on any atom is 0.275 e. The van der Waals surface area contributed by atoms with E-state index in [0.717, 1.165) is 12.1 Å². The van der Waals surface area contributed by atoms with Crippen molar-refractivity contribution >= 4 is 21.8 Å². The average molecular weight is 234 g/mol. The minimum absolute atomic E-state index is 0.180. The van der Waals surface area contributed by atoms with E-state index in [1.807, 2.05) is 0 Å². The summed E-state index contributed by atoms with van der Waals surface area (Å²) in [4.78, 5) is 10.8. The number of halogens is 2. The molecular formula is C7H5BrFNO2. The molecule has 1 amide bonds. The van der Waals surface area contributed by atoms with Crippen molar-refractivity contribution in [3.63, 3.8) is 0 Å². The summed E-state index contributed by atoms with van der Waals surface area (Å²) in [7, 11) is 0. The van der Waals surface area contributed by atoms with Gasteiger partial charge in [-0.25, -0.2) is 9.87 Å². The topological polar surface area (TPSA) is 49.3 Å². The molecular weight excluding hydrogens is 229 g/mol. The molecule has 1 aromatic rings. The van der Waals surface area contributed by atoms with Crippen LogP contribution >= 0.6 is 15.9 Å². The van der Waals surface area contributed by atoms with Crippen LogP contribution in [-0.2, 0) is 0 Å². The molecule has 0 radical (unpaired) electrons. The smallest absolute Gasteiger partial charge is 0.275 e. The zero-order valence-electron chi connectivity index (χ0n) is 5.84. The quantitative estimate of drug-likeness (QED) is 0.574. The highest BCUT2D eigenvalue weighted by Crippen LogP contribution is 2.17. The van der Waals surface area contributed by atoms with Gasteiger partial charge in [-0.2, -0.15) is 0 Å². The lowest BCUT2D eigenvalue weighted by Crippen LogP contribution is -2.19. The molecule has 0 aliphatic rings. The van der Waals surface area contributed by atoms with E-state index in [2.05, 4.69) is 15.9 Å². The highest BCUT2D eigenvalue weighted by Gasteiger charge is 2.08. The third kappa shape index (κ3) is 1.80. The monoisotopic (exact) mass is 233 g/mol. The van der Waals surface area contributed by atoms with Crippen LogP contribution in [0.3, 0.4) is 0 Å². The number of hydrogen-bond donors (Lipinski definition) is 2. The Morgan fingerprint density at radius 3 is 2.75 bits per heavy atom. The molecule has 0 aliphatic heterocycles. The van der Waals surface area contributed by atoms with Crippen LogP contribution in [0.5, 0.6) is 0 Å². The highest BCUT2D eigenvalue weighted by atomic mass is 79.9. The molecule has 0 unspecified atom stereocenters. The van der Waals surface area contributed by atoms with Crippen molar-refractivity contribution in [3.8, 4) is 0 Å². The maximum atomic E-state index is 12.5. The van der Waals surface area contributed by atoms with Gasteiger partial charge < -0.3 is 0 Å². The van der Waals surface area contributed by atoms with Gasteiger partial charge in [0.15, 0.2) is 0 Å². The Labute approximate surface area is 76.3 Å². The summed E-state index contributed by atoms with van der Waals surface area (Å²) in [6.45, 7) is 0. The first kappa shape index (κ1) is 9.15. The zero-order valence-corrected chi connectivity index (χ0v) is 7.43. The molecule has 0 atom stereocenters. The molecule has 64 valence electrons. The van der Waals surface area contributed by atoms with Crippen LogP contribution in [0.1, 0.15) is 10.4 Å². The van der Waals surface area contributed by atoms with Gasteiger partial charge in [-0.3, -0.25) is 10.0 Å². The van der Waals surface area contributed by atoms with Gasteiger partial charge in [0.2, 0.25) is 0 Å². The Bertz CT molecular complexity index is 316. The van der Waals surface area contributed by atoms with Crippen LogP contribution in [0.15, 0.2) is 22.7 Å². The first-order valence-corrected chi connectivity index (χ1v) is 3.84. The van der Waals surface area contributed by atoms with Gasteiger partial charge in [0.1, 0.15) is 5.82 Å². The van der Waals surface area contributed by atoms with E-state index in [1.54, 1.807) is 0 Å². The fourth-order valence-electron chi connectivity index (χ4n) is 0.734. The number of carbonyl (C=O) groups is 1. The molecule has 0 heterocycles. The van der Waals surface area contributed by atoms with Crippen LogP contribution in [0.4, 0.5) is 4.39 Å². The van der Waals surface area contributed by atoms with Crippen molar-refractivity contribution in [1.29, 1.82) is 0 Å². The second-order valence-electron chi connectivity index (χ2n) is 2.07. The van der Waals surface area contributed by atoms with Gasteiger partial charge in [-0.1, -0.05) is 0 Å². The van der Waals surface area contributed by atoms with E-state index in [1.165, 1.54) is 11.5 Å². The molecule has 0 saturated heterocycles. The summed E-state index contributed by atoms with van der Waals surface area (Å²) in [5, 5.41) is 8.27. The van der Waals surface area contributed by atoms with Crippen LogP contribution in [0.25, 0.3) is 0 Å². The second-order valence-corrected chi connectivity index (χ2v) is 2.92. The minimum atomic E-state index is -0.679. The van der Waals surface area contributed by atoms with E-state index >= 15 is 0 Å². The molecule has 3 nitrogen and oxygen atoms in total. The Hall–Kier alpha value is -0.940. The SMILES string of the molecule is O=C(NO)c1ccc(F)cc1Br. The van der Waals surface area contributed by atoms with Gasteiger partial charge >= 0.3 is 0 Å². The number of carbonyl (C=O) groups excluding carboxylic acids is 1. The molecule has 5 heteroatoms. The van der Waals surface area contributed by atoms with Crippen molar-refractivity contribution in [3.05, 3.63) is 34.1 Å². The summed E-state index contributed by atoms with van der Waals surface area (Å²) >= 11 is 2.98. The number of amides is 1. The molecule has 12 heavy (non-hydrogen) atoms. The van der Waals surface area contributed by atoms with Crippen LogP contribution in [-0.4, -0.2) is 11.1 Å². The molecule has 0 spiro atoms. The molecule has 0 aliphatic carbocycles. The summed E-state index contributed by atoms with van der Waals surface area (Å²) in [6, 6.07) is 3.55. The van der Waals surface area contributed by atoms with Crippen molar-refractivity contribution in [2.75, 3.05) is 0 Å². The first-order chi connectivity index (χ1) is 5.65. The summed E-state index contributed by atoms with van der Waals surface area (Å²) in [5.74, 6) is -1.13. The van der Waals surface area contributed by atoms with Gasteiger partial charge in [0.05, 0.1) is 5.56 Å². The van der Waals surface area contributed by atoms with Crippen LogP contribution < -0.4 is 5.48 Å². The fourth-order valence-corrected chi connectivity index (χ4v) is 1.26. The number of benzene rings is 1. The Morgan fingerprint density at radius 1 is 1.58 bits per heavy atom. The third-order valence-electron chi connectivity index (χ3n) is 1.28. The first-order valence-electron chi connectivity index (χ1n) is 3.04. The van der Waals surface area contributed by atoms with Crippen molar-refractivity contribution in [2.45, 2.75) is 0 Å². The molecule has 0 bridgehead atoms. The predicted octanol–water partition coefficient (Wildman–Crippen LogP) is 1.71. The Balaban J connectivity index is 3.09. The fraction of sp³-hybridized carbons (Fsp3) is 0. The number of nitrogens with one attached hydrogen (secondary N) is 1. The molecule has 0 fully saturated rings. The van der Waals surface area contributed by atoms with Crippen LogP contribution in [0, 0.1) is 5.82 Å². The Morgan fingerprint density at radius 2 is 2.25 bits per heavy atom. The van der Waals surface area contributed by atoms with Gasteiger partial charge in [-0.15, -0.1) is 0 Å². The van der Waals surface area contributed by atoms with E-state index in [9.17, 15) is 9.18 Å². The summed E-state index contributed by atoms with van der Waals surface area (Å²) < 4.78 is 12.8. The van der Waals surface area contributed by atoms with Crippen LogP contribution in [0.2, 0.25) is 0 Å². The molecule has 0 aromatic heterocycles. The molecule has 2 N–H and O–H groups in total. The largest absolute Gasteiger partial charge is 0.288 e. The van der Waals surface area contributed by atoms with Gasteiger partial charge in [0.25, 0.3) is 5.91 Å².